The first-order valence-electron chi connectivity index (χ1n) is 12.0. The summed E-state index contributed by atoms with van der Waals surface area (Å²) in [7, 11) is -3.92. The molecule has 2 aromatic carbocycles. The minimum atomic E-state index is -3.92. The van der Waals surface area contributed by atoms with Gasteiger partial charge in [0.05, 0.1) is 11.9 Å². The van der Waals surface area contributed by atoms with E-state index in [1.54, 1.807) is 37.3 Å². The highest BCUT2D eigenvalue weighted by atomic mass is 35.5. The Balaban J connectivity index is 2.48. The average molecular weight is 571 g/mol. The molecule has 0 aliphatic heterocycles. The summed E-state index contributed by atoms with van der Waals surface area (Å²) < 4.78 is 26.4. The molecule has 11 heteroatoms. The van der Waals surface area contributed by atoms with Crippen molar-refractivity contribution >= 4 is 56.5 Å². The highest BCUT2D eigenvalue weighted by molar-refractivity contribution is 7.92. The van der Waals surface area contributed by atoms with Crippen LogP contribution < -0.4 is 9.62 Å². The van der Waals surface area contributed by atoms with Gasteiger partial charge in [-0.1, -0.05) is 61.7 Å². The molecule has 0 aliphatic rings. The zero-order valence-corrected chi connectivity index (χ0v) is 23.8. The van der Waals surface area contributed by atoms with Crippen LogP contribution in [0.1, 0.15) is 56.0 Å². The maximum Gasteiger partial charge on any atom is 0.244 e. The number of sulfonamides is 1. The van der Waals surface area contributed by atoms with E-state index in [0.29, 0.717) is 34.1 Å². The van der Waals surface area contributed by atoms with Crippen molar-refractivity contribution in [2.24, 2.45) is 0 Å². The van der Waals surface area contributed by atoms with Crippen molar-refractivity contribution in [3.63, 3.8) is 0 Å². The van der Waals surface area contributed by atoms with Crippen LogP contribution in [-0.4, -0.2) is 56.3 Å². The predicted octanol–water partition coefficient (Wildman–Crippen LogP) is 4.69. The van der Waals surface area contributed by atoms with E-state index in [9.17, 15) is 22.8 Å². The number of carbonyl (C=O) groups is 3. The number of halogens is 2. The minimum Gasteiger partial charge on any atom is -0.354 e. The summed E-state index contributed by atoms with van der Waals surface area (Å²) in [6.45, 7) is 5.02. The largest absolute Gasteiger partial charge is 0.354 e. The quantitative estimate of drug-likeness (QED) is 0.278. The fraction of sp³-hybridized carbons (Fsp3) is 0.423. The Morgan fingerprint density at radius 3 is 2.32 bits per heavy atom. The van der Waals surface area contributed by atoms with Gasteiger partial charge in [0.2, 0.25) is 21.8 Å². The minimum absolute atomic E-state index is 0.0281. The molecule has 1 N–H and O–H groups in total. The third kappa shape index (κ3) is 8.72. The first-order chi connectivity index (χ1) is 17.4. The average Bonchev–Trinajstić information content (AvgIpc) is 2.83. The van der Waals surface area contributed by atoms with Gasteiger partial charge < -0.3 is 10.2 Å². The van der Waals surface area contributed by atoms with Crippen molar-refractivity contribution in [1.82, 2.24) is 10.2 Å². The summed E-state index contributed by atoms with van der Waals surface area (Å²) in [5, 5.41) is 3.60. The van der Waals surface area contributed by atoms with E-state index in [-0.39, 0.29) is 23.9 Å². The fourth-order valence-electron chi connectivity index (χ4n) is 3.75. The molecule has 0 saturated carbocycles. The summed E-state index contributed by atoms with van der Waals surface area (Å²) in [5.41, 5.74) is 1.04. The van der Waals surface area contributed by atoms with Crippen LogP contribution in [0.2, 0.25) is 10.0 Å². The second-order valence-corrected chi connectivity index (χ2v) is 11.5. The number of anilines is 1. The molecule has 0 saturated heterocycles. The maximum absolute atomic E-state index is 13.7. The van der Waals surface area contributed by atoms with Crippen molar-refractivity contribution in [1.29, 1.82) is 0 Å². The standard InChI is InChI=1S/C26H33Cl2N3O5S/c1-5-7-13-29-26(34)24(6-2)30(16-20-11-12-21(27)15-23(20)28)25(33)17-31(37(4,35)36)22-10-8-9-19(14-22)18(3)32/h8-12,14-15,24H,5-7,13,16-17H2,1-4H3,(H,29,34)/t24-/m0/s1. The topological polar surface area (TPSA) is 104 Å². The molecule has 0 heterocycles. The van der Waals surface area contributed by atoms with Gasteiger partial charge in [-0.2, -0.15) is 0 Å². The van der Waals surface area contributed by atoms with Crippen LogP contribution in [0.25, 0.3) is 0 Å². The van der Waals surface area contributed by atoms with Gasteiger partial charge in [-0.25, -0.2) is 8.42 Å². The molecule has 0 unspecified atom stereocenters. The van der Waals surface area contributed by atoms with E-state index < -0.39 is 28.5 Å². The normalized spacial score (nSPS) is 12.1. The van der Waals surface area contributed by atoms with E-state index in [1.165, 1.54) is 24.0 Å². The lowest BCUT2D eigenvalue weighted by Gasteiger charge is -2.33. The Morgan fingerprint density at radius 1 is 1.05 bits per heavy atom. The number of amides is 2. The van der Waals surface area contributed by atoms with Crippen LogP contribution in [-0.2, 0) is 26.2 Å². The Morgan fingerprint density at radius 2 is 1.76 bits per heavy atom. The van der Waals surface area contributed by atoms with Gasteiger partial charge in [-0.3, -0.25) is 18.7 Å². The van der Waals surface area contributed by atoms with Crippen LogP contribution in [0.15, 0.2) is 42.5 Å². The second kappa shape index (κ2) is 13.8. The lowest BCUT2D eigenvalue weighted by atomic mass is 10.1. The number of nitrogens with one attached hydrogen (secondary N) is 1. The van der Waals surface area contributed by atoms with Gasteiger partial charge in [0, 0.05) is 28.7 Å². The van der Waals surface area contributed by atoms with E-state index in [1.807, 2.05) is 6.92 Å². The van der Waals surface area contributed by atoms with Crippen LogP contribution in [0.3, 0.4) is 0 Å². The summed E-state index contributed by atoms with van der Waals surface area (Å²) >= 11 is 12.4. The van der Waals surface area contributed by atoms with Crippen molar-refractivity contribution < 1.29 is 22.8 Å². The first-order valence-corrected chi connectivity index (χ1v) is 14.6. The molecule has 8 nitrogen and oxygen atoms in total. The predicted molar refractivity (Wildman–Crippen MR) is 148 cm³/mol. The molecule has 0 spiro atoms. The van der Waals surface area contributed by atoms with Crippen LogP contribution in [0, 0.1) is 0 Å². The third-order valence-electron chi connectivity index (χ3n) is 5.79. The number of benzene rings is 2. The van der Waals surface area contributed by atoms with Gasteiger partial charge >= 0.3 is 0 Å². The maximum atomic E-state index is 13.7. The van der Waals surface area contributed by atoms with E-state index in [2.05, 4.69) is 5.32 Å². The number of nitrogens with zero attached hydrogens (tertiary/aromatic N) is 2. The SMILES string of the molecule is CCCCNC(=O)[C@H](CC)N(Cc1ccc(Cl)cc1Cl)C(=O)CN(c1cccc(C(C)=O)c1)S(C)(=O)=O. The fourth-order valence-corrected chi connectivity index (χ4v) is 5.06. The zero-order chi connectivity index (χ0) is 27.8. The monoisotopic (exact) mass is 569 g/mol. The van der Waals surface area contributed by atoms with Crippen molar-refractivity contribution in [2.75, 3.05) is 23.7 Å². The number of unbranched alkanes of at least 4 members (excludes halogenated alkanes) is 1. The summed E-state index contributed by atoms with van der Waals surface area (Å²) in [4.78, 5) is 40.0. The van der Waals surface area contributed by atoms with Crippen molar-refractivity contribution in [2.45, 2.75) is 52.6 Å². The molecule has 202 valence electrons. The van der Waals surface area contributed by atoms with Crippen molar-refractivity contribution in [3.05, 3.63) is 63.6 Å². The van der Waals surface area contributed by atoms with Gasteiger partial charge in [0.15, 0.2) is 5.78 Å². The molecule has 2 rings (SSSR count). The number of carbonyl (C=O) groups excluding carboxylic acids is 3. The Hall–Kier alpha value is -2.62. The molecule has 0 aromatic heterocycles. The third-order valence-corrected chi connectivity index (χ3v) is 7.52. The number of ketones is 1. The van der Waals surface area contributed by atoms with E-state index >= 15 is 0 Å². The molecule has 0 aliphatic carbocycles. The smallest absolute Gasteiger partial charge is 0.244 e. The highest BCUT2D eigenvalue weighted by Gasteiger charge is 2.32. The van der Waals surface area contributed by atoms with Gasteiger partial charge in [0.25, 0.3) is 0 Å². The molecule has 2 aromatic rings. The van der Waals surface area contributed by atoms with Gasteiger partial charge in [-0.05, 0) is 49.6 Å². The van der Waals surface area contributed by atoms with Gasteiger partial charge in [-0.15, -0.1) is 0 Å². The second-order valence-electron chi connectivity index (χ2n) is 8.70. The molecular formula is C26H33Cl2N3O5S. The Bertz CT molecular complexity index is 1240. The van der Waals surface area contributed by atoms with Crippen LogP contribution in [0.4, 0.5) is 5.69 Å². The van der Waals surface area contributed by atoms with Crippen molar-refractivity contribution in [3.8, 4) is 0 Å². The molecule has 1 atom stereocenters. The van der Waals surface area contributed by atoms with Gasteiger partial charge in [0.1, 0.15) is 12.6 Å². The zero-order valence-electron chi connectivity index (χ0n) is 21.5. The van der Waals surface area contributed by atoms with E-state index in [4.69, 9.17) is 23.2 Å². The van der Waals surface area contributed by atoms with E-state index in [0.717, 1.165) is 23.4 Å². The first kappa shape index (κ1) is 30.6. The molecule has 37 heavy (non-hydrogen) atoms. The lowest BCUT2D eigenvalue weighted by Crippen LogP contribution is -2.52. The summed E-state index contributed by atoms with van der Waals surface area (Å²) in [6.07, 6.45) is 2.96. The van der Waals surface area contributed by atoms with Crippen LogP contribution in [0.5, 0.6) is 0 Å². The number of hydrogen-bond donors (Lipinski definition) is 1. The molecular weight excluding hydrogens is 537 g/mol. The lowest BCUT2D eigenvalue weighted by molar-refractivity contribution is -0.140. The molecule has 2 amide bonds. The molecule has 0 radical (unpaired) electrons. The molecule has 0 bridgehead atoms. The number of hydrogen-bond acceptors (Lipinski definition) is 5. The summed E-state index contributed by atoms with van der Waals surface area (Å²) in [5.74, 6) is -1.17. The van der Waals surface area contributed by atoms with Crippen LogP contribution >= 0.6 is 23.2 Å². The number of rotatable bonds is 13. The Kier molecular flexibility index (Phi) is 11.4. The molecule has 0 fully saturated rings. The Labute approximate surface area is 229 Å². The number of Topliss-reactive ketones (excluding diaryl/α,β-unsaturated/α-hetero) is 1. The highest BCUT2D eigenvalue weighted by Crippen LogP contribution is 2.25. The summed E-state index contributed by atoms with van der Waals surface area (Å²) in [6, 6.07) is 10.0.